The van der Waals surface area contributed by atoms with Crippen molar-refractivity contribution in [2.24, 2.45) is 13.0 Å². The lowest BCUT2D eigenvalue weighted by atomic mass is 10.1. The molecule has 2 aromatic rings. The molecule has 0 aliphatic heterocycles. The molecule has 0 saturated heterocycles. The van der Waals surface area contributed by atoms with E-state index in [0.29, 0.717) is 18.9 Å². The Hall–Kier alpha value is -2.37. The third-order valence-corrected chi connectivity index (χ3v) is 4.42. The van der Waals surface area contributed by atoms with E-state index >= 15 is 0 Å². The molecule has 1 aliphatic carbocycles. The highest BCUT2D eigenvalue weighted by atomic mass is 16.2. The minimum absolute atomic E-state index is 0.106. The van der Waals surface area contributed by atoms with Crippen LogP contribution in [0, 0.1) is 5.92 Å². The Bertz CT molecular complexity index is 727. The van der Waals surface area contributed by atoms with Crippen molar-refractivity contribution in [3.63, 3.8) is 0 Å². The molecular formula is C17H22N4O2. The van der Waals surface area contributed by atoms with Gasteiger partial charge in [0.25, 0.3) is 0 Å². The first kappa shape index (κ1) is 15.5. The standard InChI is InChI=1S/C17H22N4O2/c1-20-15(13-7-3-2-4-8-13)19-21(17(20)23)12-11-18-16(22)14-9-5-6-10-14/h2-4,7-8,14H,5-6,9-12H2,1H3,(H,18,22). The van der Waals surface area contributed by atoms with Gasteiger partial charge in [-0.15, -0.1) is 5.10 Å². The highest BCUT2D eigenvalue weighted by Crippen LogP contribution is 2.24. The average molecular weight is 314 g/mol. The number of carbonyl (C=O) groups is 1. The van der Waals surface area contributed by atoms with E-state index in [1.165, 1.54) is 9.25 Å². The SMILES string of the molecule is Cn1c(-c2ccccc2)nn(CCNC(=O)C2CCCC2)c1=O. The van der Waals surface area contributed by atoms with Crippen LogP contribution >= 0.6 is 0 Å². The number of aromatic nitrogens is 3. The summed E-state index contributed by atoms with van der Waals surface area (Å²) >= 11 is 0. The van der Waals surface area contributed by atoms with E-state index in [-0.39, 0.29) is 17.5 Å². The fourth-order valence-electron chi connectivity index (χ4n) is 3.09. The fourth-order valence-corrected chi connectivity index (χ4v) is 3.09. The number of amides is 1. The van der Waals surface area contributed by atoms with Crippen LogP contribution in [0.4, 0.5) is 0 Å². The van der Waals surface area contributed by atoms with E-state index in [2.05, 4.69) is 10.4 Å². The minimum atomic E-state index is -0.168. The van der Waals surface area contributed by atoms with Gasteiger partial charge in [-0.3, -0.25) is 9.36 Å². The Balaban J connectivity index is 1.64. The van der Waals surface area contributed by atoms with E-state index in [0.717, 1.165) is 31.2 Å². The molecule has 1 heterocycles. The quantitative estimate of drug-likeness (QED) is 0.910. The van der Waals surface area contributed by atoms with Gasteiger partial charge in [0.1, 0.15) is 0 Å². The van der Waals surface area contributed by atoms with Crippen LogP contribution in [0.3, 0.4) is 0 Å². The monoisotopic (exact) mass is 314 g/mol. The third-order valence-electron chi connectivity index (χ3n) is 4.42. The number of hydrogen-bond acceptors (Lipinski definition) is 3. The summed E-state index contributed by atoms with van der Waals surface area (Å²) in [4.78, 5) is 24.2. The van der Waals surface area contributed by atoms with E-state index in [9.17, 15) is 9.59 Å². The third kappa shape index (κ3) is 3.36. The summed E-state index contributed by atoms with van der Waals surface area (Å²) in [7, 11) is 1.71. The summed E-state index contributed by atoms with van der Waals surface area (Å²) in [6.45, 7) is 0.818. The first-order valence-corrected chi connectivity index (χ1v) is 8.14. The van der Waals surface area contributed by atoms with Crippen LogP contribution in [-0.4, -0.2) is 26.8 Å². The van der Waals surface area contributed by atoms with Gasteiger partial charge in [0, 0.05) is 25.1 Å². The Kier molecular flexibility index (Phi) is 4.60. The summed E-state index contributed by atoms with van der Waals surface area (Å²) in [5.41, 5.74) is 0.736. The lowest BCUT2D eigenvalue weighted by Crippen LogP contribution is -2.34. The predicted octanol–water partition coefficient (Wildman–Crippen LogP) is 1.56. The van der Waals surface area contributed by atoms with Crippen molar-refractivity contribution in [1.29, 1.82) is 0 Å². The summed E-state index contributed by atoms with van der Waals surface area (Å²) in [6.07, 6.45) is 4.23. The van der Waals surface area contributed by atoms with E-state index in [1.807, 2.05) is 30.3 Å². The zero-order valence-electron chi connectivity index (χ0n) is 13.4. The smallest absolute Gasteiger partial charge is 0.345 e. The van der Waals surface area contributed by atoms with Gasteiger partial charge in [-0.1, -0.05) is 43.2 Å². The van der Waals surface area contributed by atoms with Crippen molar-refractivity contribution < 1.29 is 4.79 Å². The molecule has 0 unspecified atom stereocenters. The molecule has 122 valence electrons. The second kappa shape index (κ2) is 6.81. The molecule has 6 nitrogen and oxygen atoms in total. The van der Waals surface area contributed by atoms with Crippen LogP contribution in [0.25, 0.3) is 11.4 Å². The van der Waals surface area contributed by atoms with Crippen LogP contribution in [-0.2, 0) is 18.4 Å². The maximum atomic E-state index is 12.2. The van der Waals surface area contributed by atoms with E-state index in [1.54, 1.807) is 7.05 Å². The van der Waals surface area contributed by atoms with Crippen molar-refractivity contribution in [1.82, 2.24) is 19.7 Å². The summed E-state index contributed by atoms with van der Waals surface area (Å²) in [5.74, 6) is 0.891. The maximum absolute atomic E-state index is 12.2. The first-order chi connectivity index (χ1) is 11.2. The Morgan fingerprint density at radius 3 is 2.65 bits per heavy atom. The van der Waals surface area contributed by atoms with Gasteiger partial charge in [0.15, 0.2) is 5.82 Å². The zero-order valence-corrected chi connectivity index (χ0v) is 13.4. The summed E-state index contributed by atoms with van der Waals surface area (Å²) < 4.78 is 2.95. The lowest BCUT2D eigenvalue weighted by Gasteiger charge is -2.09. The molecule has 6 heteroatoms. The van der Waals surface area contributed by atoms with Gasteiger partial charge in [0.05, 0.1) is 6.54 Å². The molecular weight excluding hydrogens is 292 g/mol. The van der Waals surface area contributed by atoms with Crippen LogP contribution in [0.5, 0.6) is 0 Å². The molecule has 23 heavy (non-hydrogen) atoms. The second-order valence-electron chi connectivity index (χ2n) is 6.03. The molecule has 0 atom stereocenters. The molecule has 1 aromatic heterocycles. The van der Waals surface area contributed by atoms with Crippen molar-refractivity contribution in [2.45, 2.75) is 32.2 Å². The Morgan fingerprint density at radius 2 is 1.96 bits per heavy atom. The Labute approximate surface area is 135 Å². The normalized spacial score (nSPS) is 15.0. The molecule has 0 radical (unpaired) electrons. The zero-order chi connectivity index (χ0) is 16.2. The number of nitrogens with zero attached hydrogens (tertiary/aromatic N) is 3. The Morgan fingerprint density at radius 1 is 1.26 bits per heavy atom. The lowest BCUT2D eigenvalue weighted by molar-refractivity contribution is -0.124. The summed E-state index contributed by atoms with van der Waals surface area (Å²) in [5, 5.41) is 7.31. The van der Waals surface area contributed by atoms with Gasteiger partial charge in [-0.2, -0.15) is 0 Å². The largest absolute Gasteiger partial charge is 0.354 e. The predicted molar refractivity (Wildman–Crippen MR) is 87.9 cm³/mol. The molecule has 1 aliphatic rings. The number of benzene rings is 1. The minimum Gasteiger partial charge on any atom is -0.354 e. The molecule has 1 aromatic carbocycles. The number of carbonyl (C=O) groups excluding carboxylic acids is 1. The van der Waals surface area contributed by atoms with Gasteiger partial charge in [-0.25, -0.2) is 9.48 Å². The second-order valence-corrected chi connectivity index (χ2v) is 6.03. The van der Waals surface area contributed by atoms with E-state index in [4.69, 9.17) is 0 Å². The molecule has 1 amide bonds. The van der Waals surface area contributed by atoms with Gasteiger partial charge in [-0.05, 0) is 12.8 Å². The van der Waals surface area contributed by atoms with E-state index < -0.39 is 0 Å². The van der Waals surface area contributed by atoms with Crippen LogP contribution in [0.15, 0.2) is 35.1 Å². The number of rotatable bonds is 5. The van der Waals surface area contributed by atoms with Crippen molar-refractivity contribution >= 4 is 5.91 Å². The summed E-state index contributed by atoms with van der Waals surface area (Å²) in [6, 6.07) is 9.61. The molecule has 1 N–H and O–H groups in total. The topological polar surface area (TPSA) is 68.9 Å². The molecule has 1 saturated carbocycles. The first-order valence-electron chi connectivity index (χ1n) is 8.14. The van der Waals surface area contributed by atoms with Crippen LogP contribution in [0.2, 0.25) is 0 Å². The van der Waals surface area contributed by atoms with Crippen molar-refractivity contribution in [3.8, 4) is 11.4 Å². The molecule has 0 spiro atoms. The van der Waals surface area contributed by atoms with Crippen molar-refractivity contribution in [3.05, 3.63) is 40.8 Å². The average Bonchev–Trinajstić information content (AvgIpc) is 3.20. The molecule has 3 rings (SSSR count). The molecule has 1 fully saturated rings. The maximum Gasteiger partial charge on any atom is 0.345 e. The van der Waals surface area contributed by atoms with Gasteiger partial charge >= 0.3 is 5.69 Å². The number of hydrogen-bond donors (Lipinski definition) is 1. The molecule has 0 bridgehead atoms. The van der Waals surface area contributed by atoms with Gasteiger partial charge < -0.3 is 5.32 Å². The highest BCUT2D eigenvalue weighted by molar-refractivity contribution is 5.78. The van der Waals surface area contributed by atoms with Crippen molar-refractivity contribution in [2.75, 3.05) is 6.54 Å². The highest BCUT2D eigenvalue weighted by Gasteiger charge is 2.22. The fraction of sp³-hybridized carbons (Fsp3) is 0.471. The number of nitrogens with one attached hydrogen (secondary N) is 1. The van der Waals surface area contributed by atoms with Crippen LogP contribution < -0.4 is 11.0 Å². The van der Waals surface area contributed by atoms with Gasteiger partial charge in [0.2, 0.25) is 5.91 Å². The van der Waals surface area contributed by atoms with Crippen LogP contribution in [0.1, 0.15) is 25.7 Å².